The van der Waals surface area contributed by atoms with Crippen LogP contribution < -0.4 is 0 Å². The summed E-state index contributed by atoms with van der Waals surface area (Å²) in [5, 5.41) is 4.36. The fraction of sp³-hybridized carbons (Fsp3) is 0.182. The van der Waals surface area contributed by atoms with Gasteiger partial charge in [-0.3, -0.25) is 4.79 Å². The molecular formula is C22H21N3O2. The fourth-order valence-electron chi connectivity index (χ4n) is 3.23. The van der Waals surface area contributed by atoms with Gasteiger partial charge in [-0.25, -0.2) is 4.68 Å². The van der Waals surface area contributed by atoms with E-state index in [0.717, 1.165) is 16.8 Å². The van der Waals surface area contributed by atoms with Crippen LogP contribution in [0, 0.1) is 0 Å². The number of para-hydroxylation sites is 1. The van der Waals surface area contributed by atoms with E-state index < -0.39 is 0 Å². The minimum atomic E-state index is -0.0517. The van der Waals surface area contributed by atoms with Crippen LogP contribution in [0.4, 0.5) is 0 Å². The fourth-order valence-corrected chi connectivity index (χ4v) is 3.23. The van der Waals surface area contributed by atoms with Crippen LogP contribution in [0.1, 0.15) is 17.2 Å². The van der Waals surface area contributed by atoms with E-state index in [-0.39, 0.29) is 11.9 Å². The van der Waals surface area contributed by atoms with Gasteiger partial charge < -0.3 is 9.64 Å². The summed E-state index contributed by atoms with van der Waals surface area (Å²) in [7, 11) is 0. The van der Waals surface area contributed by atoms with Crippen LogP contribution in [-0.4, -0.2) is 40.3 Å². The van der Waals surface area contributed by atoms with Crippen molar-refractivity contribution in [2.24, 2.45) is 0 Å². The summed E-state index contributed by atoms with van der Waals surface area (Å²) in [6, 6.07) is 19.9. The number of carbonyl (C=O) groups is 1. The van der Waals surface area contributed by atoms with Crippen molar-refractivity contribution < 1.29 is 9.53 Å². The summed E-state index contributed by atoms with van der Waals surface area (Å²) in [6.45, 7) is 1.68. The molecule has 1 aliphatic rings. The Morgan fingerprint density at radius 2 is 1.81 bits per heavy atom. The summed E-state index contributed by atoms with van der Waals surface area (Å²) in [6.07, 6.45) is 7.10. The average molecular weight is 359 g/mol. The third-order valence-corrected chi connectivity index (χ3v) is 4.64. The highest BCUT2D eigenvalue weighted by atomic mass is 16.5. The van der Waals surface area contributed by atoms with Crippen molar-refractivity contribution in [2.75, 3.05) is 19.8 Å². The Bertz CT molecular complexity index is 919. The van der Waals surface area contributed by atoms with Crippen LogP contribution in [0.25, 0.3) is 11.8 Å². The highest BCUT2D eigenvalue weighted by Crippen LogP contribution is 2.24. The largest absolute Gasteiger partial charge is 0.377 e. The first-order valence-corrected chi connectivity index (χ1v) is 9.03. The first-order valence-electron chi connectivity index (χ1n) is 9.03. The van der Waals surface area contributed by atoms with Crippen molar-refractivity contribution >= 4 is 12.0 Å². The van der Waals surface area contributed by atoms with E-state index in [2.05, 4.69) is 5.10 Å². The van der Waals surface area contributed by atoms with Gasteiger partial charge in [0.15, 0.2) is 0 Å². The van der Waals surface area contributed by atoms with Crippen molar-refractivity contribution in [3.63, 3.8) is 0 Å². The average Bonchev–Trinajstić information content (AvgIpc) is 3.22. The molecule has 0 unspecified atom stereocenters. The molecular weight excluding hydrogens is 338 g/mol. The molecule has 3 aromatic rings. The number of morpholine rings is 1. The van der Waals surface area contributed by atoms with Crippen LogP contribution in [0.2, 0.25) is 0 Å². The standard InChI is InChI=1S/C22H21N3O2/c26-22(24-13-14-27-17-21(24)19-7-3-1-4-8-19)12-11-18-15-23-25(16-18)20-9-5-2-6-10-20/h1-12,15-16,21H,13-14,17H2/b12-11-/t21-/m0/s1. The second kappa shape index (κ2) is 8.01. The number of hydrogen-bond donors (Lipinski definition) is 0. The number of aromatic nitrogens is 2. The molecule has 4 rings (SSSR count). The molecule has 27 heavy (non-hydrogen) atoms. The zero-order valence-electron chi connectivity index (χ0n) is 14.9. The van der Waals surface area contributed by atoms with Crippen molar-refractivity contribution in [3.8, 4) is 5.69 Å². The number of nitrogens with zero attached hydrogens (tertiary/aromatic N) is 3. The Labute approximate surface area is 158 Å². The zero-order chi connectivity index (χ0) is 18.5. The number of rotatable bonds is 4. The third kappa shape index (κ3) is 3.99. The topological polar surface area (TPSA) is 47.4 Å². The lowest BCUT2D eigenvalue weighted by Crippen LogP contribution is -2.42. The van der Waals surface area contributed by atoms with Gasteiger partial charge in [0.25, 0.3) is 0 Å². The molecule has 1 aromatic heterocycles. The Kier molecular flexibility index (Phi) is 5.12. The van der Waals surface area contributed by atoms with Crippen LogP contribution in [0.3, 0.4) is 0 Å². The SMILES string of the molecule is O=C(/C=C\c1cnn(-c2ccccc2)c1)N1CCOC[C@H]1c1ccccc1. The van der Waals surface area contributed by atoms with Gasteiger partial charge in [-0.05, 0) is 23.8 Å². The van der Waals surface area contributed by atoms with Crippen molar-refractivity contribution in [3.05, 3.63) is 90.3 Å². The van der Waals surface area contributed by atoms with E-state index >= 15 is 0 Å². The Morgan fingerprint density at radius 3 is 2.59 bits per heavy atom. The third-order valence-electron chi connectivity index (χ3n) is 4.64. The second-order valence-electron chi connectivity index (χ2n) is 6.42. The Hall–Kier alpha value is -3.18. The highest BCUT2D eigenvalue weighted by molar-refractivity contribution is 5.92. The van der Waals surface area contributed by atoms with E-state index in [9.17, 15) is 4.79 Å². The van der Waals surface area contributed by atoms with Gasteiger partial charge in [-0.2, -0.15) is 5.10 Å². The van der Waals surface area contributed by atoms with Gasteiger partial charge in [0.2, 0.25) is 5.91 Å². The molecule has 0 radical (unpaired) electrons. The number of ether oxygens (including phenoxy) is 1. The van der Waals surface area contributed by atoms with Crippen LogP contribution in [-0.2, 0) is 9.53 Å². The number of amides is 1. The summed E-state index contributed by atoms with van der Waals surface area (Å²) < 4.78 is 7.40. The molecule has 0 saturated carbocycles. The monoisotopic (exact) mass is 359 g/mol. The van der Waals surface area contributed by atoms with Gasteiger partial charge in [-0.15, -0.1) is 0 Å². The number of benzene rings is 2. The van der Waals surface area contributed by atoms with Crippen LogP contribution in [0.15, 0.2) is 79.1 Å². The van der Waals surface area contributed by atoms with Crippen molar-refractivity contribution in [1.29, 1.82) is 0 Å². The minimum Gasteiger partial charge on any atom is -0.377 e. The molecule has 1 amide bonds. The van der Waals surface area contributed by atoms with E-state index in [4.69, 9.17) is 4.74 Å². The molecule has 1 saturated heterocycles. The molecule has 0 bridgehead atoms. The van der Waals surface area contributed by atoms with E-state index in [1.807, 2.05) is 77.8 Å². The van der Waals surface area contributed by atoms with Gasteiger partial charge in [0.1, 0.15) is 0 Å². The van der Waals surface area contributed by atoms with Gasteiger partial charge >= 0.3 is 0 Å². The van der Waals surface area contributed by atoms with Gasteiger partial charge in [0, 0.05) is 24.4 Å². The van der Waals surface area contributed by atoms with Gasteiger partial charge in [0.05, 0.1) is 31.1 Å². The molecule has 5 heteroatoms. The zero-order valence-corrected chi connectivity index (χ0v) is 14.9. The molecule has 2 heterocycles. The predicted molar refractivity (Wildman–Crippen MR) is 104 cm³/mol. The smallest absolute Gasteiger partial charge is 0.247 e. The molecule has 1 atom stereocenters. The molecule has 5 nitrogen and oxygen atoms in total. The second-order valence-corrected chi connectivity index (χ2v) is 6.42. The van der Waals surface area contributed by atoms with Crippen molar-refractivity contribution in [2.45, 2.75) is 6.04 Å². The summed E-state index contributed by atoms with van der Waals surface area (Å²) in [5.41, 5.74) is 2.97. The quantitative estimate of drug-likeness (QED) is 0.670. The van der Waals surface area contributed by atoms with Crippen LogP contribution >= 0.6 is 0 Å². The maximum Gasteiger partial charge on any atom is 0.247 e. The molecule has 136 valence electrons. The lowest BCUT2D eigenvalue weighted by molar-refractivity contribution is -0.134. The molecule has 2 aromatic carbocycles. The first kappa shape index (κ1) is 17.2. The van der Waals surface area contributed by atoms with E-state index in [1.54, 1.807) is 17.0 Å². The molecule has 0 N–H and O–H groups in total. The number of carbonyl (C=O) groups excluding carboxylic acids is 1. The summed E-state index contributed by atoms with van der Waals surface area (Å²) in [5.74, 6) is -0.0142. The predicted octanol–water partition coefficient (Wildman–Crippen LogP) is 3.49. The lowest BCUT2D eigenvalue weighted by Gasteiger charge is -2.35. The van der Waals surface area contributed by atoms with E-state index in [1.165, 1.54) is 0 Å². The van der Waals surface area contributed by atoms with E-state index in [0.29, 0.717) is 19.8 Å². The maximum absolute atomic E-state index is 12.8. The van der Waals surface area contributed by atoms with Crippen LogP contribution in [0.5, 0.6) is 0 Å². The highest BCUT2D eigenvalue weighted by Gasteiger charge is 2.27. The number of hydrogen-bond acceptors (Lipinski definition) is 3. The van der Waals surface area contributed by atoms with Gasteiger partial charge in [-0.1, -0.05) is 48.5 Å². The molecule has 1 aliphatic heterocycles. The lowest BCUT2D eigenvalue weighted by atomic mass is 10.0. The summed E-state index contributed by atoms with van der Waals surface area (Å²) >= 11 is 0. The molecule has 0 aliphatic carbocycles. The normalized spacial score (nSPS) is 17.3. The maximum atomic E-state index is 12.8. The molecule has 0 spiro atoms. The summed E-state index contributed by atoms with van der Waals surface area (Å²) in [4.78, 5) is 14.7. The first-order chi connectivity index (χ1) is 13.3. The minimum absolute atomic E-state index is 0.0142. The Morgan fingerprint density at radius 1 is 1.07 bits per heavy atom. The van der Waals surface area contributed by atoms with Crippen molar-refractivity contribution in [1.82, 2.24) is 14.7 Å². The molecule has 1 fully saturated rings. The Balaban J connectivity index is 1.48.